The number of morpholine rings is 1. The minimum absolute atomic E-state index is 0.0512. The third-order valence-corrected chi connectivity index (χ3v) is 20.0. The van der Waals surface area contributed by atoms with Crippen molar-refractivity contribution in [3.8, 4) is 23.0 Å². The molecule has 0 spiro atoms. The molecule has 1 aliphatic heterocycles. The van der Waals surface area contributed by atoms with Crippen molar-refractivity contribution >= 4 is 91.0 Å². The average Bonchev–Trinajstić information content (AvgIpc) is 0.809. The highest BCUT2D eigenvalue weighted by Crippen LogP contribution is 2.35. The largest absolute Gasteiger partial charge is 0.490 e. The molecular weight excluding hydrogens is 1830 g/mol. The van der Waals surface area contributed by atoms with E-state index in [2.05, 4.69) is 185 Å². The molecule has 0 atom stereocenters. The van der Waals surface area contributed by atoms with Gasteiger partial charge in [0.1, 0.15) is 86.1 Å². The number of nitrogens with zero attached hydrogens (tertiary/aromatic N) is 18. The first kappa shape index (κ1) is 114. The summed E-state index contributed by atoms with van der Waals surface area (Å²) in [4.78, 5) is 12.2. The van der Waals surface area contributed by atoms with Crippen LogP contribution in [0.15, 0.2) is 551 Å². The predicted molar refractivity (Wildman–Crippen MR) is 594 cm³/mol. The molecule has 0 aliphatic carbocycles. The van der Waals surface area contributed by atoms with Gasteiger partial charge in [0.05, 0.1) is 120 Å². The zero-order valence-corrected chi connectivity index (χ0v) is 82.6. The van der Waals surface area contributed by atoms with Crippen molar-refractivity contribution in [2.75, 3.05) is 117 Å². The number of para-hydroxylation sites is 2. The summed E-state index contributed by atoms with van der Waals surface area (Å²) >= 11 is 0. The maximum Gasteiger partial charge on any atom is 0.269 e. The summed E-state index contributed by atoms with van der Waals surface area (Å²) < 4.78 is 38.6. The Morgan fingerprint density at radius 1 is 0.308 bits per heavy atom. The Balaban J connectivity index is 0.000000209. The molecule has 1 aliphatic rings. The number of nitro groups is 1. The van der Waals surface area contributed by atoms with Gasteiger partial charge in [-0.2, -0.15) is 51.1 Å². The van der Waals surface area contributed by atoms with Crippen LogP contribution in [-0.4, -0.2) is 122 Å². The molecule has 746 valence electrons. The van der Waals surface area contributed by atoms with Crippen LogP contribution >= 0.6 is 0 Å². The number of benzene rings is 13. The molecule has 0 bridgehead atoms. The van der Waals surface area contributed by atoms with E-state index >= 15 is 0 Å². The van der Waals surface area contributed by atoms with Gasteiger partial charge in [-0.15, -0.1) is 41.7 Å². The quantitative estimate of drug-likeness (QED) is 0.00862. The summed E-state index contributed by atoms with van der Waals surface area (Å²) in [6.45, 7) is 52.2. The SMILES string of the molecule is C=CCN(CC=C)c1ccc(N=Nc2ccccc2)cc1.C=CCOCCc1ccc(N=Nc2ccc(CCOCC=C)cc2)cc1.C=CCOc1ccc(N=Nc2ccc(OCC=C)cc2)cc1.C=CCOc1ccccc1N=Nc1ccccc1OCC=C.C=CC[N+](CC=C)(CC=C)c1ccc(N=Nc2ccccc2)cc1.O=[N+]([O-])c1ccc(N=NN2CCOCC2)cc1.c1ccc(N=Nc2ccccc2)cc1. The molecule has 13 aromatic carbocycles. The van der Waals surface area contributed by atoms with E-state index in [1.807, 2.05) is 314 Å². The fourth-order valence-corrected chi connectivity index (χ4v) is 12.8. The Labute approximate surface area is 858 Å². The Bertz CT molecular complexity index is 6000. The van der Waals surface area contributed by atoms with Crippen molar-refractivity contribution < 1.29 is 38.1 Å². The molecule has 1 heterocycles. The van der Waals surface area contributed by atoms with E-state index in [-0.39, 0.29) is 5.69 Å². The third-order valence-electron chi connectivity index (χ3n) is 20.0. The molecule has 13 aromatic rings. The number of quaternary nitrogens is 1. The van der Waals surface area contributed by atoms with Crippen molar-refractivity contribution in [2.45, 2.75) is 12.8 Å². The molecule has 0 amide bonds. The van der Waals surface area contributed by atoms with Crippen molar-refractivity contribution in [1.29, 1.82) is 0 Å². The van der Waals surface area contributed by atoms with E-state index in [4.69, 9.17) is 33.2 Å². The molecule has 27 nitrogen and oxygen atoms in total. The third kappa shape index (κ3) is 45.2. The van der Waals surface area contributed by atoms with Crippen LogP contribution in [0, 0.1) is 10.1 Å². The van der Waals surface area contributed by atoms with Gasteiger partial charge in [0.2, 0.25) is 0 Å². The molecule has 27 heteroatoms. The van der Waals surface area contributed by atoms with Gasteiger partial charge >= 0.3 is 0 Å². The highest BCUT2D eigenvalue weighted by molar-refractivity contribution is 5.58. The number of rotatable bonds is 49. The Morgan fingerprint density at radius 3 is 0.918 bits per heavy atom. The number of azo groups is 6. The minimum atomic E-state index is -0.442. The van der Waals surface area contributed by atoms with Crippen molar-refractivity contribution in [2.24, 2.45) is 71.7 Å². The molecule has 0 saturated carbocycles. The van der Waals surface area contributed by atoms with Crippen LogP contribution in [0.3, 0.4) is 0 Å². The van der Waals surface area contributed by atoms with Gasteiger partial charge in [-0.25, -0.2) is 0 Å². The first-order valence-electron chi connectivity index (χ1n) is 47.2. The average molecular weight is 1950 g/mol. The molecule has 0 radical (unpaired) electrons. The van der Waals surface area contributed by atoms with Crippen LogP contribution in [0.25, 0.3) is 0 Å². The first-order valence-corrected chi connectivity index (χ1v) is 47.2. The summed E-state index contributed by atoms with van der Waals surface area (Å²) in [5.41, 5.74) is 15.0. The lowest BCUT2D eigenvalue weighted by molar-refractivity contribution is -0.384. The number of anilines is 1. The fourth-order valence-electron chi connectivity index (χ4n) is 12.8. The summed E-state index contributed by atoms with van der Waals surface area (Å²) in [6.07, 6.45) is 21.6. The van der Waals surface area contributed by atoms with Crippen LogP contribution in [0.4, 0.5) is 91.0 Å². The van der Waals surface area contributed by atoms with Gasteiger partial charge in [0, 0.05) is 43.0 Å². The van der Waals surface area contributed by atoms with Crippen molar-refractivity contribution in [3.63, 3.8) is 0 Å². The molecule has 1 fully saturated rings. The Morgan fingerprint density at radius 2 is 0.596 bits per heavy atom. The van der Waals surface area contributed by atoms with Gasteiger partial charge < -0.3 is 38.1 Å². The van der Waals surface area contributed by atoms with E-state index in [0.717, 1.165) is 137 Å². The molecule has 0 aromatic heterocycles. The Hall–Kier alpha value is -17.8. The zero-order valence-electron chi connectivity index (χ0n) is 82.6. The number of nitro benzene ring substituents is 1. The second kappa shape index (κ2) is 70.0. The number of non-ortho nitro benzene ring substituents is 1. The highest BCUT2D eigenvalue weighted by Gasteiger charge is 2.26. The lowest BCUT2D eigenvalue weighted by atomic mass is 10.1. The number of ether oxygens (including phenoxy) is 7. The van der Waals surface area contributed by atoms with Crippen LogP contribution in [0.1, 0.15) is 11.1 Å². The maximum absolute atomic E-state index is 10.4. The van der Waals surface area contributed by atoms with Crippen LogP contribution in [0.5, 0.6) is 23.0 Å². The van der Waals surface area contributed by atoms with Gasteiger partial charge in [-0.05, 0) is 236 Å². The van der Waals surface area contributed by atoms with E-state index in [1.54, 1.807) is 48.6 Å². The maximum atomic E-state index is 10.4. The lowest BCUT2D eigenvalue weighted by Crippen LogP contribution is -2.49. The summed E-state index contributed by atoms with van der Waals surface area (Å²) in [7, 11) is 0. The first-order chi connectivity index (χ1) is 71.7. The van der Waals surface area contributed by atoms with Crippen molar-refractivity contribution in [1.82, 2.24) is 9.49 Å². The van der Waals surface area contributed by atoms with Gasteiger partial charge in [0.15, 0.2) is 0 Å². The highest BCUT2D eigenvalue weighted by atomic mass is 16.6. The normalized spacial score (nSPS) is 11.4. The molecule has 0 unspecified atom stereocenters. The van der Waals surface area contributed by atoms with E-state index < -0.39 is 4.92 Å². The molecule has 1 saturated heterocycles. The molecule has 0 N–H and O–H groups in total. The van der Waals surface area contributed by atoms with Gasteiger partial charge in [-0.1, -0.05) is 221 Å². The number of hydrogen-bond acceptors (Lipinski definition) is 24. The second-order valence-electron chi connectivity index (χ2n) is 31.0. The van der Waals surface area contributed by atoms with E-state index in [0.29, 0.717) is 94.6 Å². The van der Waals surface area contributed by atoms with E-state index in [1.165, 1.54) is 28.9 Å². The van der Waals surface area contributed by atoms with Gasteiger partial charge in [0.25, 0.3) is 5.69 Å². The monoisotopic (exact) mass is 1950 g/mol. The van der Waals surface area contributed by atoms with Crippen LogP contribution in [0.2, 0.25) is 0 Å². The summed E-state index contributed by atoms with van der Waals surface area (Å²) in [5, 5.41) is 70.9. The van der Waals surface area contributed by atoms with Crippen molar-refractivity contribution in [3.05, 3.63) is 500 Å². The standard InChI is InChI=1S/C22H26N2O2.C21H24N3.C18H19N3.2C18H18N2O2.C12H10N2.C10H12N4O3/c1-3-15-25-17-13-19-5-9-21(10-6-19)23-24-22-11-7-20(8-12-22)14-18-26-16-4-2;1-4-16-24(17-5-2,18-6-3)21-14-12-20(13-15-21)23-22-19-10-8-7-9-11-19;1-3-14-21(15-4-2)18-12-10-17(11-13-18)20-19-16-8-6-5-7-9-16;1-3-13-21-17-9-5-15(6-10-17)19-20-16-7-11-18(12-8-16)22-14-4-2;1-3-13-21-17-11-7-5-9-15(17)19-20-16-10-6-8-12-18(16)22-14-4-2;1-3-7-11(8-4-1)13-14-12-9-5-2-6-10-12;15-14(16)10-3-1-9(2-4-10)11-12-13-5-7-17-8-6-13/h3-12H,1-2,13-18H2;4-15H,1-3,16-18H2;3-13H,1-2,14-15H2;2*3-12H,1-2,13-14H2;1-10H;1-4H,5-8H2/q;+1;;;;;. The predicted octanol–water partition coefficient (Wildman–Crippen LogP) is 33.3. The second-order valence-corrected chi connectivity index (χ2v) is 31.0. The zero-order chi connectivity index (χ0) is 104. The van der Waals surface area contributed by atoms with Crippen LogP contribution in [-0.2, 0) is 27.1 Å². The number of hydrogen-bond donors (Lipinski definition) is 0. The minimum Gasteiger partial charge on any atom is -0.490 e. The molecule has 146 heavy (non-hydrogen) atoms. The summed E-state index contributed by atoms with van der Waals surface area (Å²) in [5.74, 6) is 2.89. The molecular formula is C119H127N18O9+. The lowest BCUT2D eigenvalue weighted by Gasteiger charge is -2.35. The molecule has 14 rings (SSSR count). The van der Waals surface area contributed by atoms with Crippen LogP contribution < -0.4 is 28.3 Å². The summed E-state index contributed by atoms with van der Waals surface area (Å²) in [6, 6.07) is 107. The van der Waals surface area contributed by atoms with Gasteiger partial charge in [-0.3, -0.25) is 19.6 Å². The topological polar surface area (TPSA) is 287 Å². The van der Waals surface area contributed by atoms with E-state index in [9.17, 15) is 10.1 Å². The smallest absolute Gasteiger partial charge is 0.269 e. The Kier molecular flexibility index (Phi) is 54.4. The fraction of sp³-hybridized carbons (Fsp3) is 0.160.